The fraction of sp³-hybridized carbons (Fsp3) is 0.412. The molecule has 0 radical (unpaired) electrons. The molecule has 3 rings (SSSR count). The number of esters is 1. The van der Waals surface area contributed by atoms with Crippen molar-refractivity contribution in [3.8, 4) is 0 Å². The van der Waals surface area contributed by atoms with E-state index in [0.717, 1.165) is 5.56 Å². The highest BCUT2D eigenvalue weighted by Crippen LogP contribution is 2.40. The van der Waals surface area contributed by atoms with Gasteiger partial charge < -0.3 is 9.47 Å². The van der Waals surface area contributed by atoms with Crippen molar-refractivity contribution in [2.75, 3.05) is 13.7 Å². The molecule has 0 amide bonds. The fourth-order valence-corrected chi connectivity index (χ4v) is 4.84. The van der Waals surface area contributed by atoms with Gasteiger partial charge in [0.1, 0.15) is 17.4 Å². The molecule has 0 aliphatic carbocycles. The first-order valence-corrected chi connectivity index (χ1v) is 9.28. The van der Waals surface area contributed by atoms with Gasteiger partial charge in [0, 0.05) is 6.42 Å². The van der Waals surface area contributed by atoms with Crippen molar-refractivity contribution in [2.45, 2.75) is 37.3 Å². The largest absolute Gasteiger partial charge is 0.491 e. The van der Waals surface area contributed by atoms with Gasteiger partial charge in [0.2, 0.25) is 10.0 Å². The van der Waals surface area contributed by atoms with Crippen molar-refractivity contribution in [3.05, 3.63) is 41.2 Å². The number of nitrogens with zero attached hydrogens (tertiary/aromatic N) is 1. The van der Waals surface area contributed by atoms with Crippen LogP contribution in [0, 0.1) is 6.92 Å². The van der Waals surface area contributed by atoms with Gasteiger partial charge in [0.25, 0.3) is 0 Å². The van der Waals surface area contributed by atoms with E-state index >= 15 is 0 Å². The molecule has 8 heteroatoms. The van der Waals surface area contributed by atoms with Crippen LogP contribution in [0.4, 0.5) is 0 Å². The van der Waals surface area contributed by atoms with Crippen LogP contribution in [0.5, 0.6) is 0 Å². The van der Waals surface area contributed by atoms with Crippen LogP contribution in [-0.2, 0) is 29.1 Å². The van der Waals surface area contributed by atoms with Gasteiger partial charge in [0.15, 0.2) is 5.78 Å². The van der Waals surface area contributed by atoms with Crippen molar-refractivity contribution in [1.29, 1.82) is 0 Å². The van der Waals surface area contributed by atoms with Gasteiger partial charge in [0.05, 0.1) is 24.6 Å². The SMILES string of the molecule is COC(=O)/C(C(C)=O)=C1\O[C@H]2C[C@@H]1N(S(=O)(=O)c1ccc(C)cc1)C2. The predicted molar refractivity (Wildman–Crippen MR) is 88.1 cm³/mol. The molecule has 0 saturated carbocycles. The van der Waals surface area contributed by atoms with E-state index in [1.807, 2.05) is 6.92 Å². The third kappa shape index (κ3) is 2.96. The lowest BCUT2D eigenvalue weighted by Gasteiger charge is -2.29. The molecule has 1 aromatic rings. The van der Waals surface area contributed by atoms with Crippen LogP contribution < -0.4 is 0 Å². The van der Waals surface area contributed by atoms with Crippen LogP contribution >= 0.6 is 0 Å². The zero-order valence-electron chi connectivity index (χ0n) is 14.2. The maximum atomic E-state index is 13.0. The number of sulfonamides is 1. The van der Waals surface area contributed by atoms with Gasteiger partial charge in [-0.05, 0) is 26.0 Å². The molecule has 25 heavy (non-hydrogen) atoms. The highest BCUT2D eigenvalue weighted by atomic mass is 32.2. The zero-order valence-corrected chi connectivity index (χ0v) is 15.0. The first kappa shape index (κ1) is 17.6. The number of benzene rings is 1. The Morgan fingerprint density at radius 1 is 1.24 bits per heavy atom. The Hall–Kier alpha value is -2.19. The number of Topliss-reactive ketones (excluding diaryl/α,β-unsaturated/α-hetero) is 1. The van der Waals surface area contributed by atoms with E-state index in [1.165, 1.54) is 18.3 Å². The van der Waals surface area contributed by atoms with E-state index in [0.29, 0.717) is 6.42 Å². The van der Waals surface area contributed by atoms with Crippen molar-refractivity contribution in [2.24, 2.45) is 0 Å². The Morgan fingerprint density at radius 3 is 2.40 bits per heavy atom. The maximum Gasteiger partial charge on any atom is 0.345 e. The molecular formula is C17H19NO6S. The standard InChI is InChI=1S/C17H19NO6S/c1-10-4-6-13(7-5-10)25(21,22)18-9-12-8-14(18)16(24-12)15(11(2)19)17(20)23-3/h4-7,12,14H,8-9H2,1-3H3/b16-15-/t12-,14-/m0/s1. The maximum absolute atomic E-state index is 13.0. The second-order valence-electron chi connectivity index (χ2n) is 6.17. The van der Waals surface area contributed by atoms with Gasteiger partial charge in [-0.25, -0.2) is 13.2 Å². The number of rotatable bonds is 4. The molecule has 2 bridgehead atoms. The molecule has 2 aliphatic heterocycles. The second kappa shape index (κ2) is 6.27. The fourth-order valence-electron chi connectivity index (χ4n) is 3.21. The minimum absolute atomic E-state index is 0.0892. The van der Waals surface area contributed by atoms with E-state index < -0.39 is 27.8 Å². The Labute approximate surface area is 146 Å². The van der Waals surface area contributed by atoms with Gasteiger partial charge in [-0.2, -0.15) is 4.31 Å². The van der Waals surface area contributed by atoms with Crippen LogP contribution in [0.3, 0.4) is 0 Å². The highest BCUT2D eigenvalue weighted by molar-refractivity contribution is 7.89. The quantitative estimate of drug-likeness (QED) is 0.344. The molecular weight excluding hydrogens is 346 g/mol. The number of carbonyl (C=O) groups is 2. The van der Waals surface area contributed by atoms with Crippen LogP contribution in [0.25, 0.3) is 0 Å². The van der Waals surface area contributed by atoms with E-state index in [-0.39, 0.29) is 28.9 Å². The van der Waals surface area contributed by atoms with Crippen molar-refractivity contribution in [3.63, 3.8) is 0 Å². The predicted octanol–water partition coefficient (Wildman–Crippen LogP) is 1.17. The van der Waals surface area contributed by atoms with E-state index in [1.54, 1.807) is 24.3 Å². The summed E-state index contributed by atoms with van der Waals surface area (Å²) < 4.78 is 37.5. The van der Waals surface area contributed by atoms with E-state index in [4.69, 9.17) is 4.74 Å². The summed E-state index contributed by atoms with van der Waals surface area (Å²) in [6, 6.07) is 5.88. The average molecular weight is 365 g/mol. The number of ether oxygens (including phenoxy) is 2. The van der Waals surface area contributed by atoms with Gasteiger partial charge in [-0.3, -0.25) is 4.79 Å². The summed E-state index contributed by atoms with van der Waals surface area (Å²) in [5.41, 5.74) is 0.731. The molecule has 0 spiro atoms. The third-order valence-corrected chi connectivity index (χ3v) is 6.32. The summed E-state index contributed by atoms with van der Waals surface area (Å²) in [4.78, 5) is 24.0. The highest BCUT2D eigenvalue weighted by Gasteiger charge is 2.51. The smallest absolute Gasteiger partial charge is 0.345 e. The number of hydrogen-bond acceptors (Lipinski definition) is 6. The van der Waals surface area contributed by atoms with Crippen molar-refractivity contribution >= 4 is 21.8 Å². The summed E-state index contributed by atoms with van der Waals surface area (Å²) in [6.45, 7) is 3.29. The molecule has 2 heterocycles. The van der Waals surface area contributed by atoms with Gasteiger partial charge >= 0.3 is 5.97 Å². The first-order valence-electron chi connectivity index (χ1n) is 7.84. The molecule has 1 aromatic carbocycles. The number of hydrogen-bond donors (Lipinski definition) is 0. The number of fused-ring (bicyclic) bond motifs is 2. The summed E-state index contributed by atoms with van der Waals surface area (Å²) in [5, 5.41) is 0. The molecule has 2 aliphatic rings. The number of carbonyl (C=O) groups excluding carboxylic acids is 2. The van der Waals surface area contributed by atoms with Gasteiger partial charge in [-0.1, -0.05) is 17.7 Å². The summed E-state index contributed by atoms with van der Waals surface area (Å²) in [7, 11) is -2.59. The lowest BCUT2D eigenvalue weighted by Crippen LogP contribution is -2.41. The lowest BCUT2D eigenvalue weighted by atomic mass is 10.1. The Kier molecular flexibility index (Phi) is 4.42. The zero-order chi connectivity index (χ0) is 18.4. The van der Waals surface area contributed by atoms with E-state index in [2.05, 4.69) is 4.74 Å². The normalized spacial score (nSPS) is 24.8. The number of ketones is 1. The molecule has 2 saturated heterocycles. The topological polar surface area (TPSA) is 90.0 Å². The number of methoxy groups -OCH3 is 1. The molecule has 0 aromatic heterocycles. The summed E-state index contributed by atoms with van der Waals surface area (Å²) >= 11 is 0. The third-order valence-electron chi connectivity index (χ3n) is 4.43. The molecule has 0 N–H and O–H groups in total. The molecule has 2 fully saturated rings. The minimum atomic E-state index is -3.76. The number of morpholine rings is 1. The minimum Gasteiger partial charge on any atom is -0.491 e. The van der Waals surface area contributed by atoms with Crippen LogP contribution in [0.15, 0.2) is 40.5 Å². The van der Waals surface area contributed by atoms with Gasteiger partial charge in [-0.15, -0.1) is 0 Å². The lowest BCUT2D eigenvalue weighted by molar-refractivity contribution is -0.138. The monoisotopic (exact) mass is 365 g/mol. The summed E-state index contributed by atoms with van der Waals surface area (Å²) in [6.07, 6.45) is 0.0352. The Balaban J connectivity index is 2.02. The molecule has 2 atom stereocenters. The molecule has 7 nitrogen and oxygen atoms in total. The van der Waals surface area contributed by atoms with E-state index in [9.17, 15) is 18.0 Å². The second-order valence-corrected chi connectivity index (χ2v) is 8.06. The average Bonchev–Trinajstić information content (AvgIpc) is 3.15. The van der Waals surface area contributed by atoms with Crippen LogP contribution in [0.1, 0.15) is 18.9 Å². The summed E-state index contributed by atoms with van der Waals surface area (Å²) in [5.74, 6) is -1.24. The first-order chi connectivity index (χ1) is 11.8. The van der Waals surface area contributed by atoms with Crippen molar-refractivity contribution < 1.29 is 27.5 Å². The molecule has 0 unspecified atom stereocenters. The number of aryl methyl sites for hydroxylation is 1. The molecule has 134 valence electrons. The van der Waals surface area contributed by atoms with Crippen molar-refractivity contribution in [1.82, 2.24) is 4.31 Å². The Morgan fingerprint density at radius 2 is 1.88 bits per heavy atom. The Bertz CT molecular complexity index is 856. The van der Waals surface area contributed by atoms with Crippen LogP contribution in [0.2, 0.25) is 0 Å². The van der Waals surface area contributed by atoms with Crippen LogP contribution in [-0.4, -0.2) is 50.3 Å².